The number of nitrogens with one attached hydrogen (secondary N) is 2. The maximum absolute atomic E-state index is 13.4. The number of fused-ring (bicyclic) bond motifs is 1. The van der Waals surface area contributed by atoms with Gasteiger partial charge in [0.05, 0.1) is 30.7 Å². The number of aryl methyl sites for hydroxylation is 1. The Balaban J connectivity index is 1.45. The quantitative estimate of drug-likeness (QED) is 0.304. The normalized spacial score (nSPS) is 25.3. The highest BCUT2D eigenvalue weighted by atomic mass is 19.4. The van der Waals surface area contributed by atoms with Crippen LogP contribution in [0.4, 0.5) is 13.2 Å². The van der Waals surface area contributed by atoms with Crippen molar-refractivity contribution < 1.29 is 32.3 Å². The molecular weight excluding hydrogens is 555 g/mol. The number of halogens is 3. The largest absolute Gasteiger partial charge is 0.468 e. The summed E-state index contributed by atoms with van der Waals surface area (Å²) in [6, 6.07) is 2.24. The summed E-state index contributed by atoms with van der Waals surface area (Å²) in [6.45, 7) is 4.65. The Hall–Kier alpha value is -3.97. The molecule has 11 nitrogen and oxygen atoms in total. The van der Waals surface area contributed by atoms with E-state index in [1.807, 2.05) is 12.2 Å². The lowest BCUT2D eigenvalue weighted by Crippen LogP contribution is -2.42. The minimum atomic E-state index is -4.72. The molecule has 3 atom stereocenters. The number of hydrogen-bond donors (Lipinski definition) is 2. The van der Waals surface area contributed by atoms with Gasteiger partial charge in [0.15, 0.2) is 11.1 Å². The first-order valence-corrected chi connectivity index (χ1v) is 14.1. The molecule has 3 aromatic heterocycles. The molecule has 2 aliphatic rings. The molecule has 2 amide bonds. The fraction of sp³-hybridized carbons (Fsp3) is 0.571. The minimum absolute atomic E-state index is 0.136. The molecule has 1 aliphatic carbocycles. The standard InChI is InChI=1S/C28H34F3N7O4/c1-4-37-20(11-12-32-37)24(39)35-23(17-7-5-16(2)6-8-17)19-15-38-22(33-19)10-9-18(36-38)13-27(26(41)42-3)14-21(28(29,30)31)34-25(27)40/h9-12,15-17,21,23H,4-8,13-14H2,1-3H3,(H,34,40)(H,35,39)/t16?,17?,21-,23-,27?/m0/s1. The van der Waals surface area contributed by atoms with Crippen molar-refractivity contribution in [2.24, 2.45) is 17.3 Å². The Kier molecular flexibility index (Phi) is 7.99. The number of esters is 1. The van der Waals surface area contributed by atoms with Crippen molar-refractivity contribution in [2.45, 2.75) is 77.2 Å². The number of carbonyl (C=O) groups excluding carboxylic acids is 3. The summed E-state index contributed by atoms with van der Waals surface area (Å²) in [6.07, 6.45) is 1.22. The molecule has 0 spiro atoms. The van der Waals surface area contributed by atoms with E-state index in [0.29, 0.717) is 29.5 Å². The van der Waals surface area contributed by atoms with Gasteiger partial charge in [-0.3, -0.25) is 19.1 Å². The zero-order valence-electron chi connectivity index (χ0n) is 23.6. The van der Waals surface area contributed by atoms with E-state index in [2.05, 4.69) is 22.4 Å². The highest BCUT2D eigenvalue weighted by Gasteiger charge is 2.60. The van der Waals surface area contributed by atoms with Crippen molar-refractivity contribution in [3.8, 4) is 0 Å². The molecule has 0 radical (unpaired) electrons. The van der Waals surface area contributed by atoms with E-state index in [4.69, 9.17) is 9.72 Å². The van der Waals surface area contributed by atoms with E-state index < -0.39 is 42.0 Å². The number of rotatable bonds is 8. The zero-order valence-corrected chi connectivity index (χ0v) is 23.6. The van der Waals surface area contributed by atoms with Crippen molar-refractivity contribution in [3.63, 3.8) is 0 Å². The van der Waals surface area contributed by atoms with Crippen LogP contribution >= 0.6 is 0 Å². The third-order valence-corrected chi connectivity index (χ3v) is 8.53. The highest BCUT2D eigenvalue weighted by molar-refractivity contribution is 6.04. The summed E-state index contributed by atoms with van der Waals surface area (Å²) < 4.78 is 48.2. The second-order valence-corrected chi connectivity index (χ2v) is 11.3. The minimum Gasteiger partial charge on any atom is -0.468 e. The lowest BCUT2D eigenvalue weighted by Gasteiger charge is -2.32. The van der Waals surface area contributed by atoms with E-state index in [1.165, 1.54) is 10.6 Å². The molecule has 4 heterocycles. The van der Waals surface area contributed by atoms with E-state index in [0.717, 1.165) is 32.8 Å². The summed E-state index contributed by atoms with van der Waals surface area (Å²) in [5, 5.41) is 13.7. The van der Waals surface area contributed by atoms with E-state index >= 15 is 0 Å². The first-order valence-electron chi connectivity index (χ1n) is 14.1. The van der Waals surface area contributed by atoms with Crippen LogP contribution in [0, 0.1) is 17.3 Å². The lowest BCUT2D eigenvalue weighted by molar-refractivity contribution is -0.160. The number of methoxy groups -OCH3 is 1. The Bertz CT molecular complexity index is 1480. The van der Waals surface area contributed by atoms with E-state index in [9.17, 15) is 27.6 Å². The average molecular weight is 590 g/mol. The number of carbonyl (C=O) groups is 3. The average Bonchev–Trinajstić information content (AvgIpc) is 3.69. The number of ether oxygens (including phenoxy) is 1. The van der Waals surface area contributed by atoms with Crippen LogP contribution in [0.2, 0.25) is 0 Å². The summed E-state index contributed by atoms with van der Waals surface area (Å²) in [7, 11) is 1.03. The van der Waals surface area contributed by atoms with Crippen molar-refractivity contribution >= 4 is 23.4 Å². The van der Waals surface area contributed by atoms with Gasteiger partial charge < -0.3 is 15.4 Å². The maximum Gasteiger partial charge on any atom is 0.408 e. The molecule has 1 unspecified atom stereocenters. The number of alkyl halides is 3. The maximum atomic E-state index is 13.4. The molecule has 0 aromatic carbocycles. The Morgan fingerprint density at radius 2 is 1.95 bits per heavy atom. The number of amides is 2. The van der Waals surface area contributed by atoms with Gasteiger partial charge in [0.1, 0.15) is 11.7 Å². The van der Waals surface area contributed by atoms with Crippen LogP contribution in [-0.4, -0.2) is 61.5 Å². The van der Waals surface area contributed by atoms with Crippen molar-refractivity contribution in [1.29, 1.82) is 0 Å². The highest BCUT2D eigenvalue weighted by Crippen LogP contribution is 2.41. The second kappa shape index (κ2) is 11.4. The Labute approximate surface area is 240 Å². The smallest absolute Gasteiger partial charge is 0.408 e. The Morgan fingerprint density at radius 3 is 2.60 bits per heavy atom. The molecule has 1 saturated carbocycles. The number of hydrogen-bond acceptors (Lipinski definition) is 7. The first kappa shape index (κ1) is 29.5. The lowest BCUT2D eigenvalue weighted by atomic mass is 9.78. The van der Waals surface area contributed by atoms with Gasteiger partial charge in [-0.25, -0.2) is 9.50 Å². The summed E-state index contributed by atoms with van der Waals surface area (Å²) in [5.41, 5.74) is -0.374. The number of aromatic nitrogens is 5. The zero-order chi connectivity index (χ0) is 30.2. The summed E-state index contributed by atoms with van der Waals surface area (Å²) in [5.74, 6) is -1.64. The van der Waals surface area contributed by atoms with Crippen LogP contribution in [0.5, 0.6) is 0 Å². The van der Waals surface area contributed by atoms with Gasteiger partial charge in [0.2, 0.25) is 5.91 Å². The second-order valence-electron chi connectivity index (χ2n) is 11.3. The molecule has 1 saturated heterocycles. The van der Waals surface area contributed by atoms with E-state index in [1.54, 1.807) is 29.2 Å². The number of nitrogens with zero attached hydrogens (tertiary/aromatic N) is 5. The van der Waals surface area contributed by atoms with Crippen LogP contribution in [-0.2, 0) is 27.3 Å². The Morgan fingerprint density at radius 1 is 1.21 bits per heavy atom. The fourth-order valence-corrected chi connectivity index (χ4v) is 6.12. The topological polar surface area (TPSA) is 133 Å². The van der Waals surface area contributed by atoms with Crippen LogP contribution < -0.4 is 10.6 Å². The first-order chi connectivity index (χ1) is 19.9. The predicted octanol–water partition coefficient (Wildman–Crippen LogP) is 3.40. The molecule has 5 rings (SSSR count). The van der Waals surface area contributed by atoms with Gasteiger partial charge in [-0.15, -0.1) is 0 Å². The third kappa shape index (κ3) is 5.58. The van der Waals surface area contributed by atoms with Gasteiger partial charge in [-0.05, 0) is 49.8 Å². The van der Waals surface area contributed by atoms with E-state index in [-0.39, 0.29) is 23.9 Å². The molecule has 1 aliphatic heterocycles. The molecule has 2 fully saturated rings. The fourth-order valence-electron chi connectivity index (χ4n) is 6.12. The summed E-state index contributed by atoms with van der Waals surface area (Å²) in [4.78, 5) is 43.5. The SMILES string of the molecule is CCn1nccc1C(=O)N[C@H](c1cn2nc(CC3(C(=O)OC)C[C@@H](C(F)(F)F)NC3=O)ccc2n1)C1CCC(C)CC1. The van der Waals surface area contributed by atoms with Gasteiger partial charge in [-0.1, -0.05) is 19.8 Å². The monoisotopic (exact) mass is 589 g/mol. The van der Waals surface area contributed by atoms with Gasteiger partial charge in [0, 0.05) is 25.6 Å². The molecule has 3 aromatic rings. The van der Waals surface area contributed by atoms with Crippen LogP contribution in [0.15, 0.2) is 30.6 Å². The van der Waals surface area contributed by atoms with Crippen LogP contribution in [0.1, 0.15) is 73.9 Å². The van der Waals surface area contributed by atoms with Gasteiger partial charge in [-0.2, -0.15) is 23.4 Å². The molecule has 226 valence electrons. The summed E-state index contributed by atoms with van der Waals surface area (Å²) >= 11 is 0. The van der Waals surface area contributed by atoms with Crippen molar-refractivity contribution in [1.82, 2.24) is 35.0 Å². The van der Waals surface area contributed by atoms with Crippen molar-refractivity contribution in [2.75, 3.05) is 7.11 Å². The third-order valence-electron chi connectivity index (χ3n) is 8.53. The van der Waals surface area contributed by atoms with Gasteiger partial charge in [0.25, 0.3) is 5.91 Å². The van der Waals surface area contributed by atoms with Gasteiger partial charge >= 0.3 is 12.1 Å². The van der Waals surface area contributed by atoms with Crippen molar-refractivity contribution in [3.05, 3.63) is 47.7 Å². The van der Waals surface area contributed by atoms with Crippen LogP contribution in [0.3, 0.4) is 0 Å². The van der Waals surface area contributed by atoms with Crippen LogP contribution in [0.25, 0.3) is 5.65 Å². The number of imidazole rings is 1. The molecule has 0 bridgehead atoms. The molecule has 14 heteroatoms. The molecular formula is C28H34F3N7O4. The molecule has 42 heavy (non-hydrogen) atoms. The molecule has 2 N–H and O–H groups in total. The predicted molar refractivity (Wildman–Crippen MR) is 143 cm³/mol.